The monoisotopic (exact) mass is 552 g/mol. The first kappa shape index (κ1) is 26.8. The first-order valence-corrected chi connectivity index (χ1v) is 13.8. The summed E-state index contributed by atoms with van der Waals surface area (Å²) in [5.41, 5.74) is -1.40. The quantitative estimate of drug-likeness (QED) is 0.351. The molecule has 1 fully saturated rings. The second-order valence-corrected chi connectivity index (χ2v) is 11.6. The smallest absolute Gasteiger partial charge is 0.416 e. The molecule has 0 spiro atoms. The molecule has 0 bridgehead atoms. The summed E-state index contributed by atoms with van der Waals surface area (Å²) >= 11 is 5.90. The van der Waals surface area contributed by atoms with E-state index in [1.54, 1.807) is 48.5 Å². The molecule has 0 radical (unpaired) electrons. The van der Waals surface area contributed by atoms with Crippen LogP contribution in [0.3, 0.4) is 0 Å². The van der Waals surface area contributed by atoms with Crippen molar-refractivity contribution in [3.63, 3.8) is 0 Å². The number of carbonyl (C=O) groups is 1. The molecule has 1 aliphatic rings. The first-order chi connectivity index (χ1) is 17.4. The van der Waals surface area contributed by atoms with Crippen molar-refractivity contribution >= 4 is 33.2 Å². The highest BCUT2D eigenvalue weighted by Crippen LogP contribution is 2.42. The molecular weight excluding hydrogens is 529 g/mol. The number of hydrogen-bond acceptors (Lipinski definition) is 4. The molecule has 0 aliphatic carbocycles. The molecule has 1 aliphatic heterocycles. The molecule has 3 aromatic carbocycles. The molecule has 11 heteroatoms. The summed E-state index contributed by atoms with van der Waals surface area (Å²) in [6, 6.07) is 17.6. The van der Waals surface area contributed by atoms with Crippen LogP contribution < -0.4 is 15.0 Å². The number of nitrogens with one attached hydrogen (secondary N) is 1. The van der Waals surface area contributed by atoms with Crippen molar-refractivity contribution in [1.29, 1.82) is 0 Å². The van der Waals surface area contributed by atoms with Gasteiger partial charge in [-0.25, -0.2) is 13.2 Å². The second kappa shape index (κ2) is 10.3. The van der Waals surface area contributed by atoms with Gasteiger partial charge in [0.15, 0.2) is 0 Å². The molecule has 2 amide bonds. The number of sulfone groups is 1. The highest BCUT2D eigenvalue weighted by molar-refractivity contribution is 7.90. The molecular formula is C26H24ClF3N2O4S. The van der Waals surface area contributed by atoms with Crippen molar-refractivity contribution in [3.8, 4) is 11.5 Å². The number of nitrogens with zero attached hydrogens (tertiary/aromatic N) is 1. The van der Waals surface area contributed by atoms with Crippen molar-refractivity contribution in [2.24, 2.45) is 0 Å². The average molecular weight is 553 g/mol. The van der Waals surface area contributed by atoms with Gasteiger partial charge in [0.05, 0.1) is 11.1 Å². The zero-order chi connectivity index (χ0) is 26.8. The maximum atomic E-state index is 13.5. The van der Waals surface area contributed by atoms with Crippen LogP contribution >= 0.6 is 11.6 Å². The van der Waals surface area contributed by atoms with Crippen LogP contribution in [0.2, 0.25) is 5.02 Å². The molecule has 1 N–H and O–H groups in total. The van der Waals surface area contributed by atoms with E-state index in [1.807, 2.05) is 0 Å². The van der Waals surface area contributed by atoms with Gasteiger partial charge in [-0.05, 0) is 79.1 Å². The van der Waals surface area contributed by atoms with Crippen molar-refractivity contribution in [1.82, 2.24) is 5.32 Å². The van der Waals surface area contributed by atoms with Gasteiger partial charge in [0.1, 0.15) is 21.3 Å². The Morgan fingerprint density at radius 3 is 2.24 bits per heavy atom. The van der Waals surface area contributed by atoms with E-state index in [0.717, 1.165) is 18.4 Å². The molecule has 0 unspecified atom stereocenters. The third-order valence-electron chi connectivity index (χ3n) is 6.14. The Hall–Kier alpha value is -3.24. The summed E-state index contributed by atoms with van der Waals surface area (Å²) in [4.78, 5) is 14.4. The Labute approximate surface area is 217 Å². The van der Waals surface area contributed by atoms with Crippen LogP contribution in [-0.2, 0) is 21.6 Å². The van der Waals surface area contributed by atoms with Gasteiger partial charge in [-0.3, -0.25) is 4.90 Å². The SMILES string of the molecule is CS(=O)(=O)CCC[C@]1(c2cccc(C(F)(F)F)c2)CNC(=O)N1c1ccc(Oc2ccc(Cl)cc2)cc1. The Kier molecular flexibility index (Phi) is 7.43. The van der Waals surface area contributed by atoms with Gasteiger partial charge in [0, 0.05) is 29.3 Å². The number of amides is 2. The third-order valence-corrected chi connectivity index (χ3v) is 7.42. The summed E-state index contributed by atoms with van der Waals surface area (Å²) in [6.07, 6.45) is -3.20. The van der Waals surface area contributed by atoms with Crippen molar-refractivity contribution < 1.29 is 31.1 Å². The number of hydrogen-bond donors (Lipinski definition) is 1. The van der Waals surface area contributed by atoms with Crippen LogP contribution in [0.4, 0.5) is 23.7 Å². The van der Waals surface area contributed by atoms with Crippen molar-refractivity contribution in [2.75, 3.05) is 23.5 Å². The van der Waals surface area contributed by atoms with Crippen LogP contribution in [0.15, 0.2) is 72.8 Å². The molecule has 1 heterocycles. The highest BCUT2D eigenvalue weighted by atomic mass is 35.5. The van der Waals surface area contributed by atoms with Gasteiger partial charge >= 0.3 is 12.2 Å². The lowest BCUT2D eigenvalue weighted by molar-refractivity contribution is -0.137. The maximum absolute atomic E-state index is 13.5. The normalized spacial score (nSPS) is 18.1. The fourth-order valence-corrected chi connectivity index (χ4v) is 5.22. The van der Waals surface area contributed by atoms with Crippen LogP contribution in [0, 0.1) is 0 Å². The lowest BCUT2D eigenvalue weighted by atomic mass is 9.83. The minimum atomic E-state index is -4.58. The average Bonchev–Trinajstić information content (AvgIpc) is 3.17. The van der Waals surface area contributed by atoms with E-state index in [-0.39, 0.29) is 30.7 Å². The second-order valence-electron chi connectivity index (χ2n) is 8.89. The number of anilines is 1. The van der Waals surface area contributed by atoms with E-state index in [0.29, 0.717) is 22.2 Å². The van der Waals surface area contributed by atoms with E-state index in [9.17, 15) is 26.4 Å². The molecule has 4 rings (SSSR count). The molecule has 37 heavy (non-hydrogen) atoms. The predicted molar refractivity (Wildman–Crippen MR) is 136 cm³/mol. The number of benzene rings is 3. The number of halogens is 4. The van der Waals surface area contributed by atoms with E-state index in [2.05, 4.69) is 5.32 Å². The van der Waals surface area contributed by atoms with E-state index >= 15 is 0 Å². The van der Waals surface area contributed by atoms with Crippen LogP contribution in [0.5, 0.6) is 11.5 Å². The van der Waals surface area contributed by atoms with Crippen molar-refractivity contribution in [2.45, 2.75) is 24.6 Å². The zero-order valence-electron chi connectivity index (χ0n) is 19.8. The van der Waals surface area contributed by atoms with E-state index in [4.69, 9.17) is 16.3 Å². The lowest BCUT2D eigenvalue weighted by Crippen LogP contribution is -2.45. The highest BCUT2D eigenvalue weighted by Gasteiger charge is 2.48. The fourth-order valence-electron chi connectivity index (χ4n) is 4.43. The van der Waals surface area contributed by atoms with Gasteiger partial charge in [-0.1, -0.05) is 23.7 Å². The van der Waals surface area contributed by atoms with E-state index in [1.165, 1.54) is 17.0 Å². The Morgan fingerprint density at radius 2 is 1.65 bits per heavy atom. The van der Waals surface area contributed by atoms with Gasteiger partial charge in [0.25, 0.3) is 0 Å². The molecule has 6 nitrogen and oxygen atoms in total. The summed E-state index contributed by atoms with van der Waals surface area (Å²) in [6.45, 7) is 0.0138. The Bertz CT molecular complexity index is 1380. The van der Waals surface area contributed by atoms with Crippen LogP contribution in [0.25, 0.3) is 0 Å². The minimum Gasteiger partial charge on any atom is -0.457 e. The van der Waals surface area contributed by atoms with Crippen LogP contribution in [-0.4, -0.2) is 33.0 Å². The molecule has 0 saturated carbocycles. The summed E-state index contributed by atoms with van der Waals surface area (Å²) in [7, 11) is -3.32. The van der Waals surface area contributed by atoms with Crippen LogP contribution in [0.1, 0.15) is 24.0 Å². The zero-order valence-corrected chi connectivity index (χ0v) is 21.3. The number of ether oxygens (including phenoxy) is 1. The number of urea groups is 1. The molecule has 1 atom stereocenters. The summed E-state index contributed by atoms with van der Waals surface area (Å²) in [5.74, 6) is 0.867. The van der Waals surface area contributed by atoms with Gasteiger partial charge in [-0.2, -0.15) is 13.2 Å². The van der Waals surface area contributed by atoms with Crippen molar-refractivity contribution in [3.05, 3.63) is 88.9 Å². The Morgan fingerprint density at radius 1 is 1.03 bits per heavy atom. The lowest BCUT2D eigenvalue weighted by Gasteiger charge is -2.38. The minimum absolute atomic E-state index is 0.0138. The van der Waals surface area contributed by atoms with Gasteiger partial charge in [0.2, 0.25) is 0 Å². The molecule has 0 aromatic heterocycles. The summed E-state index contributed by atoms with van der Waals surface area (Å²) in [5, 5.41) is 3.30. The van der Waals surface area contributed by atoms with Gasteiger partial charge < -0.3 is 10.1 Å². The third kappa shape index (κ3) is 6.19. The fraction of sp³-hybridized carbons (Fsp3) is 0.269. The summed E-state index contributed by atoms with van der Waals surface area (Å²) < 4.78 is 70.0. The Balaban J connectivity index is 1.71. The molecule has 3 aromatic rings. The maximum Gasteiger partial charge on any atom is 0.416 e. The molecule has 1 saturated heterocycles. The van der Waals surface area contributed by atoms with E-state index < -0.39 is 33.1 Å². The molecule has 196 valence electrons. The van der Waals surface area contributed by atoms with Gasteiger partial charge in [-0.15, -0.1) is 0 Å². The topological polar surface area (TPSA) is 75.7 Å². The number of alkyl halides is 3. The first-order valence-electron chi connectivity index (χ1n) is 11.3. The largest absolute Gasteiger partial charge is 0.457 e. The predicted octanol–water partition coefficient (Wildman–Crippen LogP) is 6.40. The standard InChI is InChI=1S/C26H24ClF3N2O4S/c1-37(34,35)15-3-14-25(18-4-2-5-19(16-18)26(28,29)30)17-31-24(33)32(25)21-8-12-23(13-9-21)36-22-10-6-20(27)7-11-22/h2,4-13,16H,3,14-15,17H2,1H3,(H,31,33)/t25-/m1/s1. The number of rotatable bonds is 8. The number of carbonyl (C=O) groups excluding carboxylic acids is 1.